The molecule has 0 aliphatic carbocycles. The number of carbonyl (C=O) groups is 2. The van der Waals surface area contributed by atoms with Gasteiger partial charge in [0.1, 0.15) is 31.0 Å². The first-order chi connectivity index (χ1) is 27.8. The molecule has 1 heterocycles. The van der Waals surface area contributed by atoms with Gasteiger partial charge in [-0.05, 0) is 70.6 Å². The normalized spacial score (nSPS) is 20.7. The van der Waals surface area contributed by atoms with E-state index in [0.29, 0.717) is 12.8 Å². The van der Waals surface area contributed by atoms with Gasteiger partial charge in [-0.25, -0.2) is 0 Å². The van der Waals surface area contributed by atoms with Crippen LogP contribution in [0.4, 0.5) is 0 Å². The second kappa shape index (κ2) is 37.9. The van der Waals surface area contributed by atoms with E-state index in [4.69, 9.17) is 18.9 Å². The van der Waals surface area contributed by atoms with Gasteiger partial charge in [0.05, 0.1) is 13.2 Å². The molecule has 330 valence electrons. The van der Waals surface area contributed by atoms with Gasteiger partial charge in [0.25, 0.3) is 0 Å². The fourth-order valence-electron chi connectivity index (χ4n) is 6.61. The van der Waals surface area contributed by atoms with Crippen molar-refractivity contribution in [1.29, 1.82) is 0 Å². The average Bonchev–Trinajstić information content (AvgIpc) is 3.21. The Balaban J connectivity index is 2.33. The number of unbranched alkanes of at least 4 members (excludes halogenated alkanes) is 18. The minimum atomic E-state index is -1.60. The highest BCUT2D eigenvalue weighted by Crippen LogP contribution is 2.22. The predicted octanol–water partition coefficient (Wildman–Crippen LogP) is 9.67. The summed E-state index contributed by atoms with van der Waals surface area (Å²) in [7, 11) is 0. The fraction of sp³-hybridized carbons (Fsp3) is 0.787. The number of allylic oxidation sites excluding steroid dienone is 8. The first-order valence-electron chi connectivity index (χ1n) is 22.7. The van der Waals surface area contributed by atoms with Crippen LogP contribution in [-0.4, -0.2) is 89.0 Å². The monoisotopic (exact) mass is 807 g/mol. The first-order valence-corrected chi connectivity index (χ1v) is 22.7. The molecule has 6 atom stereocenters. The highest BCUT2D eigenvalue weighted by molar-refractivity contribution is 5.70. The van der Waals surface area contributed by atoms with Crippen LogP contribution in [-0.2, 0) is 28.5 Å². The molecule has 0 saturated carbocycles. The van der Waals surface area contributed by atoms with E-state index in [1.807, 2.05) is 0 Å². The third kappa shape index (κ3) is 29.5. The summed E-state index contributed by atoms with van der Waals surface area (Å²) in [6.07, 6.45) is 36.8. The Kier molecular flexibility index (Phi) is 35.0. The van der Waals surface area contributed by atoms with Crippen molar-refractivity contribution in [3.63, 3.8) is 0 Å². The van der Waals surface area contributed by atoms with E-state index in [9.17, 15) is 30.0 Å². The molecule has 0 spiro atoms. The highest BCUT2D eigenvalue weighted by Gasteiger charge is 2.44. The van der Waals surface area contributed by atoms with Crippen molar-refractivity contribution < 1.29 is 49.0 Å². The van der Waals surface area contributed by atoms with Crippen LogP contribution in [0.5, 0.6) is 0 Å². The van der Waals surface area contributed by atoms with Crippen LogP contribution >= 0.6 is 0 Å². The van der Waals surface area contributed by atoms with Crippen LogP contribution in [0.3, 0.4) is 0 Å². The van der Waals surface area contributed by atoms with E-state index in [0.717, 1.165) is 70.6 Å². The van der Waals surface area contributed by atoms with E-state index < -0.39 is 55.4 Å². The van der Waals surface area contributed by atoms with Crippen molar-refractivity contribution in [2.75, 3.05) is 19.8 Å². The van der Waals surface area contributed by atoms with Crippen molar-refractivity contribution in [3.8, 4) is 0 Å². The molecule has 0 amide bonds. The SMILES string of the molecule is CC/C=C/C/C=C/C/C=C/CCCCCCCC(=O)OC[C@H](CO[C@@H]1O[C@H](CO)[C@H](O)C(O)C1O)OC(=O)CCCCCCCCCCC/C=C/CCCCCC. The summed E-state index contributed by atoms with van der Waals surface area (Å²) in [4.78, 5) is 25.3. The molecule has 1 saturated heterocycles. The molecule has 0 aromatic rings. The van der Waals surface area contributed by atoms with Gasteiger partial charge in [0.2, 0.25) is 0 Å². The van der Waals surface area contributed by atoms with Gasteiger partial charge in [0, 0.05) is 12.8 Å². The van der Waals surface area contributed by atoms with Crippen LogP contribution in [0.2, 0.25) is 0 Å². The van der Waals surface area contributed by atoms with Crippen molar-refractivity contribution in [1.82, 2.24) is 0 Å². The molecule has 10 heteroatoms. The Morgan fingerprint density at radius 1 is 0.561 bits per heavy atom. The lowest BCUT2D eigenvalue weighted by Crippen LogP contribution is -2.59. The Morgan fingerprint density at radius 2 is 1.04 bits per heavy atom. The lowest BCUT2D eigenvalue weighted by atomic mass is 9.99. The van der Waals surface area contributed by atoms with Gasteiger partial charge < -0.3 is 39.4 Å². The summed E-state index contributed by atoms with van der Waals surface area (Å²) in [6, 6.07) is 0. The second-order valence-electron chi connectivity index (χ2n) is 15.5. The smallest absolute Gasteiger partial charge is 0.306 e. The van der Waals surface area contributed by atoms with Gasteiger partial charge >= 0.3 is 11.9 Å². The third-order valence-electron chi connectivity index (χ3n) is 10.2. The minimum Gasteiger partial charge on any atom is -0.462 e. The number of aliphatic hydroxyl groups excluding tert-OH is 4. The molecule has 1 rings (SSSR count). The zero-order chi connectivity index (χ0) is 41.6. The summed E-state index contributed by atoms with van der Waals surface area (Å²) < 4.78 is 22.1. The van der Waals surface area contributed by atoms with Crippen LogP contribution in [0.25, 0.3) is 0 Å². The first kappa shape index (κ1) is 52.7. The van der Waals surface area contributed by atoms with Crippen LogP contribution < -0.4 is 0 Å². The minimum absolute atomic E-state index is 0.223. The van der Waals surface area contributed by atoms with Gasteiger partial charge in [0.15, 0.2) is 12.4 Å². The Hall–Kier alpha value is -2.34. The Bertz CT molecular complexity index is 1070. The van der Waals surface area contributed by atoms with Crippen molar-refractivity contribution in [2.45, 2.75) is 218 Å². The third-order valence-corrected chi connectivity index (χ3v) is 10.2. The lowest BCUT2D eigenvalue weighted by Gasteiger charge is -2.39. The standard InChI is InChI=1S/C47H82O10/c1-3-5-7-9-11-13-15-17-19-20-22-24-26-28-30-32-34-36-43(50)56-40(39-55-47-46(53)45(52)44(51)41(37-48)57-47)38-54-42(49)35-33-31-29-27-25-23-21-18-16-14-12-10-8-6-4-2/h6,8,12-15,18,21,40-41,44-48,51-53H,3-5,7,9-11,16-17,19-20,22-39H2,1-2H3/b8-6+,14-12+,15-13+,21-18+/t40-,41-,44+,45?,46?,47-/m1/s1. The number of hydrogen-bond donors (Lipinski definition) is 4. The number of ether oxygens (including phenoxy) is 4. The molecular weight excluding hydrogens is 725 g/mol. The quantitative estimate of drug-likeness (QED) is 0.0271. The number of rotatable bonds is 37. The summed E-state index contributed by atoms with van der Waals surface area (Å²) in [6.45, 7) is 3.28. The molecule has 57 heavy (non-hydrogen) atoms. The van der Waals surface area contributed by atoms with E-state index in [-0.39, 0.29) is 26.1 Å². The average molecular weight is 807 g/mol. The molecule has 1 aliphatic heterocycles. The van der Waals surface area contributed by atoms with Gasteiger partial charge in [-0.2, -0.15) is 0 Å². The predicted molar refractivity (Wildman–Crippen MR) is 229 cm³/mol. The molecule has 0 aromatic heterocycles. The van der Waals surface area contributed by atoms with Gasteiger partial charge in [-0.1, -0.05) is 146 Å². The molecule has 1 fully saturated rings. The fourth-order valence-corrected chi connectivity index (χ4v) is 6.61. The van der Waals surface area contributed by atoms with Crippen molar-refractivity contribution >= 4 is 11.9 Å². The lowest BCUT2D eigenvalue weighted by molar-refractivity contribution is -0.305. The molecule has 4 N–H and O–H groups in total. The number of aliphatic hydroxyl groups is 4. The maximum atomic E-state index is 12.8. The zero-order valence-corrected chi connectivity index (χ0v) is 35.8. The zero-order valence-electron chi connectivity index (χ0n) is 35.8. The van der Waals surface area contributed by atoms with E-state index >= 15 is 0 Å². The topological polar surface area (TPSA) is 152 Å². The Labute approximate surface area is 346 Å². The van der Waals surface area contributed by atoms with Crippen LogP contribution in [0.1, 0.15) is 181 Å². The molecule has 2 unspecified atom stereocenters. The van der Waals surface area contributed by atoms with E-state index in [2.05, 4.69) is 62.5 Å². The molecule has 0 aromatic carbocycles. The second-order valence-corrected chi connectivity index (χ2v) is 15.5. The van der Waals surface area contributed by atoms with Gasteiger partial charge in [-0.3, -0.25) is 9.59 Å². The van der Waals surface area contributed by atoms with E-state index in [1.54, 1.807) is 0 Å². The summed E-state index contributed by atoms with van der Waals surface area (Å²) >= 11 is 0. The largest absolute Gasteiger partial charge is 0.462 e. The number of esters is 2. The summed E-state index contributed by atoms with van der Waals surface area (Å²) in [5, 5.41) is 40.1. The maximum absolute atomic E-state index is 12.8. The van der Waals surface area contributed by atoms with Crippen molar-refractivity contribution in [3.05, 3.63) is 48.6 Å². The summed E-state index contributed by atoms with van der Waals surface area (Å²) in [5.41, 5.74) is 0. The van der Waals surface area contributed by atoms with Crippen LogP contribution in [0.15, 0.2) is 48.6 Å². The summed E-state index contributed by atoms with van der Waals surface area (Å²) in [5.74, 6) is -0.829. The van der Waals surface area contributed by atoms with E-state index in [1.165, 1.54) is 70.6 Å². The molecule has 0 bridgehead atoms. The van der Waals surface area contributed by atoms with Gasteiger partial charge in [-0.15, -0.1) is 0 Å². The van der Waals surface area contributed by atoms with Crippen molar-refractivity contribution in [2.24, 2.45) is 0 Å². The molecule has 0 radical (unpaired) electrons. The maximum Gasteiger partial charge on any atom is 0.306 e. The Morgan fingerprint density at radius 3 is 1.58 bits per heavy atom. The number of carbonyl (C=O) groups excluding carboxylic acids is 2. The molecular formula is C47H82O10. The molecule has 1 aliphatic rings. The van der Waals surface area contributed by atoms with Crippen LogP contribution in [0, 0.1) is 0 Å². The highest BCUT2D eigenvalue weighted by atomic mass is 16.7. The molecule has 10 nitrogen and oxygen atoms in total. The number of hydrogen-bond acceptors (Lipinski definition) is 10.